The van der Waals surface area contributed by atoms with Crippen LogP contribution in [0.25, 0.3) is 0 Å². The number of nitrogens with one attached hydrogen (secondary N) is 1. The maximum atomic E-state index is 12.2. The number of alkyl halides is 3. The van der Waals surface area contributed by atoms with Gasteiger partial charge in [0.15, 0.2) is 0 Å². The molecule has 0 amide bonds. The predicted octanol–water partition coefficient (Wildman–Crippen LogP) is 0.575. The number of H-pyrrole nitrogens is 1. The van der Waals surface area contributed by atoms with Gasteiger partial charge in [-0.3, -0.25) is 9.78 Å². The molecule has 0 radical (unpaired) electrons. The van der Waals surface area contributed by atoms with Crippen molar-refractivity contribution in [2.75, 3.05) is 0 Å². The van der Waals surface area contributed by atoms with E-state index in [1.54, 1.807) is 4.98 Å². The molecule has 1 rings (SSSR count). The normalized spacial score (nSPS) is 11.7. The number of aromatic nitrogens is 2. The van der Waals surface area contributed by atoms with Crippen molar-refractivity contribution in [2.24, 2.45) is 0 Å². The van der Waals surface area contributed by atoms with Gasteiger partial charge in [-0.2, -0.15) is 13.2 Å². The number of hydrogen-bond acceptors (Lipinski definition) is 2. The highest BCUT2D eigenvalue weighted by Gasteiger charge is 2.34. The third-order valence-electron chi connectivity index (χ3n) is 1.66. The van der Waals surface area contributed by atoms with Crippen LogP contribution in [-0.2, 0) is 12.7 Å². The Kier molecular flexibility index (Phi) is 2.50. The Morgan fingerprint density at radius 1 is 1.43 bits per heavy atom. The van der Waals surface area contributed by atoms with E-state index in [0.717, 1.165) is 4.57 Å². The molecule has 0 atom stereocenters. The van der Waals surface area contributed by atoms with Crippen molar-refractivity contribution in [2.45, 2.75) is 19.6 Å². The molecule has 14 heavy (non-hydrogen) atoms. The second kappa shape index (κ2) is 3.32. The van der Waals surface area contributed by atoms with Gasteiger partial charge in [0.05, 0.1) is 0 Å². The first-order valence-corrected chi connectivity index (χ1v) is 3.77. The first-order chi connectivity index (χ1) is 6.36. The van der Waals surface area contributed by atoms with Crippen LogP contribution in [0, 0.1) is 0 Å². The second-order valence-electron chi connectivity index (χ2n) is 2.59. The number of aromatic amines is 1. The van der Waals surface area contributed by atoms with Crippen LogP contribution >= 0.6 is 0 Å². The zero-order valence-corrected chi connectivity index (χ0v) is 7.18. The molecule has 1 aromatic rings. The van der Waals surface area contributed by atoms with E-state index in [0.29, 0.717) is 6.20 Å². The zero-order chi connectivity index (χ0) is 10.9. The van der Waals surface area contributed by atoms with Crippen molar-refractivity contribution in [3.8, 4) is 0 Å². The number of aryl methyl sites for hydroxylation is 1. The third kappa shape index (κ3) is 1.86. The monoisotopic (exact) mass is 208 g/mol. The van der Waals surface area contributed by atoms with Gasteiger partial charge in [0.25, 0.3) is 5.56 Å². The molecule has 78 valence electrons. The van der Waals surface area contributed by atoms with Gasteiger partial charge in [-0.25, -0.2) is 4.79 Å². The van der Waals surface area contributed by atoms with Crippen LogP contribution in [0.5, 0.6) is 0 Å². The van der Waals surface area contributed by atoms with Gasteiger partial charge in [-0.05, 0) is 6.92 Å². The van der Waals surface area contributed by atoms with Crippen molar-refractivity contribution < 1.29 is 13.2 Å². The molecular formula is C7H7F3N2O2. The zero-order valence-electron chi connectivity index (χ0n) is 7.18. The summed E-state index contributed by atoms with van der Waals surface area (Å²) in [5, 5.41) is 0. The van der Waals surface area contributed by atoms with E-state index in [9.17, 15) is 22.8 Å². The summed E-state index contributed by atoms with van der Waals surface area (Å²) < 4.78 is 37.3. The van der Waals surface area contributed by atoms with Gasteiger partial charge >= 0.3 is 11.9 Å². The summed E-state index contributed by atoms with van der Waals surface area (Å²) in [6, 6.07) is 0. The van der Waals surface area contributed by atoms with E-state index in [4.69, 9.17) is 0 Å². The van der Waals surface area contributed by atoms with E-state index >= 15 is 0 Å². The molecule has 0 fully saturated rings. The Bertz CT molecular complexity index is 443. The minimum Gasteiger partial charge on any atom is -0.300 e. The highest BCUT2D eigenvalue weighted by molar-refractivity contribution is 5.08. The van der Waals surface area contributed by atoms with Crippen molar-refractivity contribution in [3.63, 3.8) is 0 Å². The van der Waals surface area contributed by atoms with Crippen LogP contribution in [0.15, 0.2) is 15.8 Å². The summed E-state index contributed by atoms with van der Waals surface area (Å²) in [6.45, 7) is 1.57. The van der Waals surface area contributed by atoms with Gasteiger partial charge < -0.3 is 4.57 Å². The lowest BCUT2D eigenvalue weighted by molar-refractivity contribution is -0.139. The summed E-state index contributed by atoms with van der Waals surface area (Å²) in [5.41, 5.74) is -3.61. The molecule has 0 aromatic carbocycles. The number of rotatable bonds is 1. The lowest BCUT2D eigenvalue weighted by Crippen LogP contribution is -2.34. The Morgan fingerprint density at radius 3 is 2.43 bits per heavy atom. The number of hydrogen-bond donors (Lipinski definition) is 1. The van der Waals surface area contributed by atoms with E-state index in [1.165, 1.54) is 6.92 Å². The highest BCUT2D eigenvalue weighted by atomic mass is 19.4. The smallest absolute Gasteiger partial charge is 0.300 e. The fourth-order valence-corrected chi connectivity index (χ4v) is 0.946. The van der Waals surface area contributed by atoms with Crippen molar-refractivity contribution >= 4 is 0 Å². The van der Waals surface area contributed by atoms with Crippen molar-refractivity contribution in [1.82, 2.24) is 9.55 Å². The summed E-state index contributed by atoms with van der Waals surface area (Å²) in [7, 11) is 0. The van der Waals surface area contributed by atoms with Gasteiger partial charge in [0, 0.05) is 12.7 Å². The molecule has 0 saturated carbocycles. The first kappa shape index (κ1) is 10.6. The second-order valence-corrected chi connectivity index (χ2v) is 2.59. The van der Waals surface area contributed by atoms with Crippen LogP contribution in [0.2, 0.25) is 0 Å². The summed E-state index contributed by atoms with van der Waals surface area (Å²) >= 11 is 0. The van der Waals surface area contributed by atoms with E-state index in [1.807, 2.05) is 0 Å². The van der Waals surface area contributed by atoms with Gasteiger partial charge in [0.2, 0.25) is 0 Å². The van der Waals surface area contributed by atoms with Crippen LogP contribution in [-0.4, -0.2) is 9.55 Å². The van der Waals surface area contributed by atoms with Gasteiger partial charge in [-0.15, -0.1) is 0 Å². The van der Waals surface area contributed by atoms with Crippen molar-refractivity contribution in [1.29, 1.82) is 0 Å². The maximum absolute atomic E-state index is 12.2. The highest BCUT2D eigenvalue weighted by Crippen LogP contribution is 2.25. The van der Waals surface area contributed by atoms with Gasteiger partial charge in [-0.1, -0.05) is 0 Å². The molecule has 7 heteroatoms. The van der Waals surface area contributed by atoms with Crippen LogP contribution < -0.4 is 11.2 Å². The largest absolute Gasteiger partial charge is 0.423 e. The standard InChI is InChI=1S/C7H7F3N2O2/c1-2-12-3-4(7(8,9)10)5(13)11-6(12)14/h3H,2H2,1H3,(H,11,13,14). The molecule has 1 aromatic heterocycles. The molecule has 0 saturated heterocycles. The Labute approximate surface area is 76.0 Å². The van der Waals surface area contributed by atoms with Crippen LogP contribution in [0.4, 0.5) is 13.2 Å². The van der Waals surface area contributed by atoms with E-state index in [-0.39, 0.29) is 6.54 Å². The molecular weight excluding hydrogens is 201 g/mol. The molecule has 0 unspecified atom stereocenters. The summed E-state index contributed by atoms with van der Waals surface area (Å²) in [4.78, 5) is 23.3. The quantitative estimate of drug-likeness (QED) is 0.733. The first-order valence-electron chi connectivity index (χ1n) is 3.77. The molecule has 4 nitrogen and oxygen atoms in total. The Balaban J connectivity index is 3.48. The fraction of sp³-hybridized carbons (Fsp3) is 0.429. The molecule has 0 bridgehead atoms. The fourth-order valence-electron chi connectivity index (χ4n) is 0.946. The maximum Gasteiger partial charge on any atom is 0.423 e. The minimum absolute atomic E-state index is 0.0681. The Morgan fingerprint density at radius 2 is 2.00 bits per heavy atom. The average molecular weight is 208 g/mol. The third-order valence-corrected chi connectivity index (χ3v) is 1.66. The predicted molar refractivity (Wildman–Crippen MR) is 42.0 cm³/mol. The molecule has 0 aliphatic carbocycles. The van der Waals surface area contributed by atoms with Gasteiger partial charge in [0.1, 0.15) is 5.56 Å². The summed E-state index contributed by atoms with van der Waals surface area (Å²) in [5.74, 6) is 0. The Hall–Kier alpha value is -1.53. The molecule has 1 N–H and O–H groups in total. The van der Waals surface area contributed by atoms with E-state index in [2.05, 4.69) is 0 Å². The molecule has 0 spiro atoms. The van der Waals surface area contributed by atoms with Crippen LogP contribution in [0.1, 0.15) is 12.5 Å². The van der Waals surface area contributed by atoms with Crippen LogP contribution in [0.3, 0.4) is 0 Å². The number of nitrogens with zero attached hydrogens (tertiary/aromatic N) is 1. The number of halogens is 3. The average Bonchev–Trinajstić information content (AvgIpc) is 2.02. The SMILES string of the molecule is CCn1cc(C(F)(F)F)c(=O)[nH]c1=O. The minimum atomic E-state index is -4.74. The molecule has 1 heterocycles. The molecule has 0 aliphatic rings. The lowest BCUT2D eigenvalue weighted by Gasteiger charge is -2.07. The molecule has 0 aliphatic heterocycles. The lowest BCUT2D eigenvalue weighted by atomic mass is 10.3. The summed E-state index contributed by atoms with van der Waals surface area (Å²) in [6.07, 6.45) is -4.22. The van der Waals surface area contributed by atoms with E-state index < -0.39 is 23.0 Å². The van der Waals surface area contributed by atoms with Crippen molar-refractivity contribution in [3.05, 3.63) is 32.6 Å². The topological polar surface area (TPSA) is 54.9 Å².